The molecule has 3 heteroatoms. The molecule has 18 heavy (non-hydrogen) atoms. The third-order valence-corrected chi connectivity index (χ3v) is 2.57. The van der Waals surface area contributed by atoms with Crippen molar-refractivity contribution in [1.82, 2.24) is 0 Å². The molecule has 0 aliphatic rings. The highest BCUT2D eigenvalue weighted by Gasteiger charge is 2.21. The Balaban J connectivity index is 2.66. The van der Waals surface area contributed by atoms with Crippen molar-refractivity contribution in [2.24, 2.45) is 5.92 Å². The fraction of sp³-hybridized carbons (Fsp3) is 0.533. The first-order valence-electron chi connectivity index (χ1n) is 6.17. The molecule has 1 aromatic rings. The molecule has 0 aliphatic carbocycles. The van der Waals surface area contributed by atoms with E-state index >= 15 is 0 Å². The number of hydrogen-bond donors (Lipinski definition) is 0. The SMILES string of the molecule is Cc1cc(C[C@H](C)C(=O)OC(C)(C)C)ccc1F. The Morgan fingerprint density at radius 1 is 1.39 bits per heavy atom. The molecule has 0 spiro atoms. The molecule has 0 saturated heterocycles. The van der Waals surface area contributed by atoms with Crippen LogP contribution in [0.5, 0.6) is 0 Å². The van der Waals surface area contributed by atoms with Crippen molar-refractivity contribution in [2.45, 2.75) is 46.6 Å². The van der Waals surface area contributed by atoms with Crippen LogP contribution in [0.2, 0.25) is 0 Å². The average Bonchev–Trinajstić information content (AvgIpc) is 2.21. The van der Waals surface area contributed by atoms with Gasteiger partial charge in [-0.25, -0.2) is 4.39 Å². The second-order valence-corrected chi connectivity index (χ2v) is 5.72. The van der Waals surface area contributed by atoms with Crippen molar-refractivity contribution in [3.05, 3.63) is 35.1 Å². The van der Waals surface area contributed by atoms with Gasteiger partial charge in [0.1, 0.15) is 11.4 Å². The van der Waals surface area contributed by atoms with Crippen LogP contribution in [-0.4, -0.2) is 11.6 Å². The molecule has 0 fully saturated rings. The summed E-state index contributed by atoms with van der Waals surface area (Å²) in [6, 6.07) is 4.92. The van der Waals surface area contributed by atoms with Gasteiger partial charge in [0.25, 0.3) is 0 Å². The predicted molar refractivity (Wildman–Crippen MR) is 69.9 cm³/mol. The van der Waals surface area contributed by atoms with Crippen LogP contribution in [0.3, 0.4) is 0 Å². The molecule has 0 radical (unpaired) electrons. The summed E-state index contributed by atoms with van der Waals surface area (Å²) >= 11 is 0. The third-order valence-electron chi connectivity index (χ3n) is 2.57. The van der Waals surface area contributed by atoms with Crippen LogP contribution >= 0.6 is 0 Å². The lowest BCUT2D eigenvalue weighted by atomic mass is 9.99. The molecule has 0 heterocycles. The summed E-state index contributed by atoms with van der Waals surface area (Å²) in [4.78, 5) is 11.8. The fourth-order valence-corrected chi connectivity index (χ4v) is 1.67. The van der Waals surface area contributed by atoms with Gasteiger partial charge in [-0.3, -0.25) is 4.79 Å². The maximum Gasteiger partial charge on any atom is 0.309 e. The summed E-state index contributed by atoms with van der Waals surface area (Å²) in [6.07, 6.45) is 0.566. The fourth-order valence-electron chi connectivity index (χ4n) is 1.67. The van der Waals surface area contributed by atoms with E-state index in [2.05, 4.69) is 0 Å². The van der Waals surface area contributed by atoms with Crippen LogP contribution in [-0.2, 0) is 16.0 Å². The van der Waals surface area contributed by atoms with Gasteiger partial charge < -0.3 is 4.74 Å². The number of esters is 1. The lowest BCUT2D eigenvalue weighted by Gasteiger charge is -2.22. The molecule has 0 saturated carbocycles. The lowest BCUT2D eigenvalue weighted by Crippen LogP contribution is -2.28. The minimum Gasteiger partial charge on any atom is -0.460 e. The third kappa shape index (κ3) is 4.47. The zero-order chi connectivity index (χ0) is 13.9. The number of carbonyl (C=O) groups excluding carboxylic acids is 1. The minimum absolute atomic E-state index is 0.218. The smallest absolute Gasteiger partial charge is 0.309 e. The first-order valence-corrected chi connectivity index (χ1v) is 6.17. The quantitative estimate of drug-likeness (QED) is 0.767. The molecule has 2 nitrogen and oxygen atoms in total. The summed E-state index contributed by atoms with van der Waals surface area (Å²) in [6.45, 7) is 9.09. The Hall–Kier alpha value is -1.38. The van der Waals surface area contributed by atoms with Gasteiger partial charge in [0.2, 0.25) is 0 Å². The topological polar surface area (TPSA) is 26.3 Å². The summed E-state index contributed by atoms with van der Waals surface area (Å²) in [5, 5.41) is 0. The second-order valence-electron chi connectivity index (χ2n) is 5.72. The number of hydrogen-bond acceptors (Lipinski definition) is 2. The molecule has 0 N–H and O–H groups in total. The van der Waals surface area contributed by atoms with Crippen LogP contribution in [0.1, 0.15) is 38.8 Å². The highest BCUT2D eigenvalue weighted by atomic mass is 19.1. The van der Waals surface area contributed by atoms with E-state index in [1.807, 2.05) is 27.7 Å². The lowest BCUT2D eigenvalue weighted by molar-refractivity contribution is -0.159. The van der Waals surface area contributed by atoms with Gasteiger partial charge in [-0.05, 0) is 51.3 Å². The van der Waals surface area contributed by atoms with E-state index < -0.39 is 5.60 Å². The Kier molecular flexibility index (Phi) is 4.49. The number of benzene rings is 1. The van der Waals surface area contributed by atoms with Gasteiger partial charge in [0.05, 0.1) is 5.92 Å². The molecule has 0 bridgehead atoms. The molecule has 1 aromatic carbocycles. The van der Waals surface area contributed by atoms with E-state index in [0.29, 0.717) is 12.0 Å². The van der Waals surface area contributed by atoms with Crippen LogP contribution in [0.4, 0.5) is 4.39 Å². The van der Waals surface area contributed by atoms with Gasteiger partial charge in [-0.15, -0.1) is 0 Å². The van der Waals surface area contributed by atoms with Crippen LogP contribution in [0, 0.1) is 18.7 Å². The summed E-state index contributed by atoms with van der Waals surface area (Å²) in [5.41, 5.74) is 1.08. The van der Waals surface area contributed by atoms with E-state index in [1.54, 1.807) is 19.1 Å². The first-order chi connectivity index (χ1) is 8.19. The van der Waals surface area contributed by atoms with Gasteiger partial charge in [0.15, 0.2) is 0 Å². The maximum absolute atomic E-state index is 13.1. The molecule has 0 aliphatic heterocycles. The van der Waals surface area contributed by atoms with Crippen molar-refractivity contribution in [3.63, 3.8) is 0 Å². The number of aryl methyl sites for hydroxylation is 1. The van der Waals surface area contributed by atoms with Crippen molar-refractivity contribution < 1.29 is 13.9 Å². The normalized spacial score (nSPS) is 13.2. The standard InChI is InChI=1S/C15H21FO2/c1-10-8-12(6-7-13(10)16)9-11(2)14(17)18-15(3,4)5/h6-8,11H,9H2,1-5H3/t11-/m0/s1. The molecular formula is C15H21FO2. The number of rotatable bonds is 3. The van der Waals surface area contributed by atoms with Crippen LogP contribution in [0.15, 0.2) is 18.2 Å². The molecular weight excluding hydrogens is 231 g/mol. The predicted octanol–water partition coefficient (Wildman–Crippen LogP) is 3.65. The first kappa shape index (κ1) is 14.7. The highest BCUT2D eigenvalue weighted by molar-refractivity contribution is 5.72. The van der Waals surface area contributed by atoms with Gasteiger partial charge in [0, 0.05) is 0 Å². The summed E-state index contributed by atoms with van der Waals surface area (Å²) in [5.74, 6) is -0.665. The molecule has 0 amide bonds. The van der Waals surface area contributed by atoms with Gasteiger partial charge in [-0.1, -0.05) is 19.1 Å². The largest absolute Gasteiger partial charge is 0.460 e. The van der Waals surface area contributed by atoms with Gasteiger partial charge in [-0.2, -0.15) is 0 Å². The van der Waals surface area contributed by atoms with E-state index in [0.717, 1.165) is 5.56 Å². The Bertz CT molecular complexity index is 433. The van der Waals surface area contributed by atoms with E-state index in [-0.39, 0.29) is 17.7 Å². The summed E-state index contributed by atoms with van der Waals surface area (Å²) in [7, 11) is 0. The number of ether oxygens (including phenoxy) is 1. The van der Waals surface area contributed by atoms with Crippen molar-refractivity contribution in [2.75, 3.05) is 0 Å². The zero-order valence-corrected chi connectivity index (χ0v) is 11.7. The highest BCUT2D eigenvalue weighted by Crippen LogP contribution is 2.17. The van der Waals surface area contributed by atoms with Crippen molar-refractivity contribution >= 4 is 5.97 Å². The molecule has 0 unspecified atom stereocenters. The Morgan fingerprint density at radius 2 is 2.00 bits per heavy atom. The number of carbonyl (C=O) groups is 1. The summed E-state index contributed by atoms with van der Waals surface area (Å²) < 4.78 is 18.4. The van der Waals surface area contributed by atoms with E-state index in [1.165, 1.54) is 6.07 Å². The van der Waals surface area contributed by atoms with E-state index in [4.69, 9.17) is 4.74 Å². The van der Waals surface area contributed by atoms with Gasteiger partial charge >= 0.3 is 5.97 Å². The van der Waals surface area contributed by atoms with E-state index in [9.17, 15) is 9.18 Å². The molecule has 1 atom stereocenters. The van der Waals surface area contributed by atoms with Crippen LogP contribution < -0.4 is 0 Å². The molecule has 100 valence electrons. The molecule has 0 aromatic heterocycles. The second kappa shape index (κ2) is 5.51. The molecule has 1 rings (SSSR count). The monoisotopic (exact) mass is 252 g/mol. The van der Waals surface area contributed by atoms with Crippen LogP contribution in [0.25, 0.3) is 0 Å². The van der Waals surface area contributed by atoms with Crippen molar-refractivity contribution in [1.29, 1.82) is 0 Å². The maximum atomic E-state index is 13.1. The minimum atomic E-state index is -0.468. The average molecular weight is 252 g/mol. The zero-order valence-electron chi connectivity index (χ0n) is 11.7. The number of halogens is 1. The Labute approximate surface area is 108 Å². The Morgan fingerprint density at radius 3 is 2.50 bits per heavy atom. The van der Waals surface area contributed by atoms with Crippen molar-refractivity contribution in [3.8, 4) is 0 Å².